The Morgan fingerprint density at radius 1 is 1.14 bits per heavy atom. The minimum Gasteiger partial charge on any atom is -0.492 e. The van der Waals surface area contributed by atoms with Crippen molar-refractivity contribution in [2.24, 2.45) is 0 Å². The Morgan fingerprint density at radius 3 is 2.68 bits per heavy atom. The predicted molar refractivity (Wildman–Crippen MR) is 85.0 cm³/mol. The zero-order valence-electron chi connectivity index (χ0n) is 12.3. The lowest BCUT2D eigenvalue weighted by molar-refractivity contribution is 0.0770. The molecule has 1 aromatic heterocycles. The third-order valence-corrected chi connectivity index (χ3v) is 3.46. The zero-order valence-corrected chi connectivity index (χ0v) is 12.3. The lowest BCUT2D eigenvalue weighted by Gasteiger charge is -2.16. The Morgan fingerprint density at radius 2 is 1.86 bits per heavy atom. The number of carbonyl (C=O) groups is 1. The molecule has 0 aliphatic rings. The van der Waals surface area contributed by atoms with Gasteiger partial charge in [0.25, 0.3) is 5.91 Å². The summed E-state index contributed by atoms with van der Waals surface area (Å²) in [7, 11) is 1.75. The van der Waals surface area contributed by atoms with Gasteiger partial charge in [-0.1, -0.05) is 36.4 Å². The summed E-state index contributed by atoms with van der Waals surface area (Å²) in [4.78, 5) is 14.1. The molecule has 112 valence electrons. The number of hydrogen-bond donors (Lipinski definition) is 1. The van der Waals surface area contributed by atoms with E-state index in [9.17, 15) is 4.79 Å². The third-order valence-electron chi connectivity index (χ3n) is 3.46. The van der Waals surface area contributed by atoms with Crippen molar-refractivity contribution in [3.63, 3.8) is 0 Å². The third kappa shape index (κ3) is 2.93. The topological polar surface area (TPSA) is 58.2 Å². The number of likely N-dealkylation sites (N-methyl/N-ethyl adjacent to an activating group) is 1. The Kier molecular flexibility index (Phi) is 4.05. The van der Waals surface area contributed by atoms with Crippen molar-refractivity contribution in [3.8, 4) is 5.75 Å². The fourth-order valence-electron chi connectivity index (χ4n) is 2.23. The molecule has 0 aliphatic heterocycles. The molecule has 0 radical (unpaired) electrons. The molecule has 1 amide bonds. The summed E-state index contributed by atoms with van der Waals surface area (Å²) in [5.74, 6) is 0.683. The summed E-state index contributed by atoms with van der Waals surface area (Å²) in [6.07, 6.45) is 0. The number of nitrogens with one attached hydrogen (secondary N) is 1. The fraction of sp³-hybridized carbons (Fsp3) is 0.176. The first kappa shape index (κ1) is 14.1. The Labute approximate surface area is 128 Å². The first-order valence-corrected chi connectivity index (χ1v) is 7.12. The summed E-state index contributed by atoms with van der Waals surface area (Å²) in [6, 6.07) is 17.1. The van der Waals surface area contributed by atoms with Crippen molar-refractivity contribution < 1.29 is 9.53 Å². The number of para-hydroxylation sites is 2. The minimum absolute atomic E-state index is 0.117. The van der Waals surface area contributed by atoms with Crippen molar-refractivity contribution in [1.29, 1.82) is 0 Å². The summed E-state index contributed by atoms with van der Waals surface area (Å²) >= 11 is 0. The molecule has 2 aromatic carbocycles. The molecule has 0 unspecified atom stereocenters. The molecule has 22 heavy (non-hydrogen) atoms. The molecule has 0 saturated carbocycles. The van der Waals surface area contributed by atoms with Gasteiger partial charge in [0.05, 0.1) is 12.1 Å². The molecule has 3 rings (SSSR count). The van der Waals surface area contributed by atoms with Crippen LogP contribution >= 0.6 is 0 Å². The van der Waals surface area contributed by atoms with E-state index in [1.807, 2.05) is 54.6 Å². The number of aromatic amines is 1. The number of H-pyrrole nitrogens is 1. The molecule has 5 heteroatoms. The number of ether oxygens (including phenoxy) is 1. The number of benzene rings is 2. The van der Waals surface area contributed by atoms with E-state index in [-0.39, 0.29) is 5.91 Å². The van der Waals surface area contributed by atoms with Crippen LogP contribution in [0.15, 0.2) is 54.6 Å². The molecular weight excluding hydrogens is 278 g/mol. The van der Waals surface area contributed by atoms with Gasteiger partial charge >= 0.3 is 0 Å². The van der Waals surface area contributed by atoms with Crippen LogP contribution in [-0.4, -0.2) is 41.2 Å². The van der Waals surface area contributed by atoms with Gasteiger partial charge in [0.15, 0.2) is 5.69 Å². The highest BCUT2D eigenvalue weighted by Crippen LogP contribution is 2.16. The van der Waals surface area contributed by atoms with Crippen LogP contribution < -0.4 is 4.74 Å². The number of carbonyl (C=O) groups excluding carboxylic acids is 1. The van der Waals surface area contributed by atoms with Gasteiger partial charge in [-0.25, -0.2) is 0 Å². The van der Waals surface area contributed by atoms with Gasteiger partial charge in [-0.15, -0.1) is 0 Å². The number of nitrogens with zero attached hydrogens (tertiary/aromatic N) is 2. The normalized spacial score (nSPS) is 10.6. The van der Waals surface area contributed by atoms with E-state index in [2.05, 4.69) is 10.2 Å². The number of amides is 1. The predicted octanol–water partition coefficient (Wildman–Crippen LogP) is 2.71. The SMILES string of the molecule is CN(CCOc1ccccc1)C(=O)c1n[nH]c2ccccc12. The monoisotopic (exact) mass is 295 g/mol. The van der Waals surface area contributed by atoms with Crippen LogP contribution in [0.1, 0.15) is 10.5 Å². The molecule has 1 heterocycles. The van der Waals surface area contributed by atoms with E-state index in [4.69, 9.17) is 4.74 Å². The van der Waals surface area contributed by atoms with Gasteiger partial charge in [-0.2, -0.15) is 5.10 Å². The molecule has 0 spiro atoms. The molecule has 3 aromatic rings. The van der Waals surface area contributed by atoms with Crippen LogP contribution in [0, 0.1) is 0 Å². The second-order valence-corrected chi connectivity index (χ2v) is 5.01. The molecule has 5 nitrogen and oxygen atoms in total. The average Bonchev–Trinajstić information content (AvgIpc) is 2.99. The van der Waals surface area contributed by atoms with Gasteiger partial charge in [-0.3, -0.25) is 9.89 Å². The highest BCUT2D eigenvalue weighted by Gasteiger charge is 2.17. The van der Waals surface area contributed by atoms with Gasteiger partial charge in [0, 0.05) is 12.4 Å². The molecule has 1 N–H and O–H groups in total. The standard InChI is InChI=1S/C17H17N3O2/c1-20(11-12-22-13-7-3-2-4-8-13)17(21)16-14-9-5-6-10-15(14)18-19-16/h2-10H,11-12H2,1H3,(H,18,19). The molecule has 0 saturated heterocycles. The highest BCUT2D eigenvalue weighted by molar-refractivity contribution is 6.04. The van der Waals surface area contributed by atoms with Crippen LogP contribution in [0.5, 0.6) is 5.75 Å². The smallest absolute Gasteiger partial charge is 0.274 e. The maximum Gasteiger partial charge on any atom is 0.274 e. The van der Waals surface area contributed by atoms with Crippen LogP contribution in [-0.2, 0) is 0 Å². The minimum atomic E-state index is -0.117. The summed E-state index contributed by atoms with van der Waals surface area (Å²) < 4.78 is 5.61. The van der Waals surface area contributed by atoms with Gasteiger partial charge in [0.2, 0.25) is 0 Å². The van der Waals surface area contributed by atoms with E-state index in [1.165, 1.54) is 0 Å². The van der Waals surface area contributed by atoms with Gasteiger partial charge in [0.1, 0.15) is 12.4 Å². The fourth-order valence-corrected chi connectivity index (χ4v) is 2.23. The molecular formula is C17H17N3O2. The summed E-state index contributed by atoms with van der Waals surface area (Å²) in [5, 5.41) is 7.84. The maximum absolute atomic E-state index is 12.4. The highest BCUT2D eigenvalue weighted by atomic mass is 16.5. The number of rotatable bonds is 5. The molecule has 0 aliphatic carbocycles. The van der Waals surface area contributed by atoms with Gasteiger partial charge in [-0.05, 0) is 18.2 Å². The number of fused-ring (bicyclic) bond motifs is 1. The van der Waals surface area contributed by atoms with Crippen LogP contribution in [0.3, 0.4) is 0 Å². The van der Waals surface area contributed by atoms with E-state index in [0.29, 0.717) is 18.8 Å². The largest absolute Gasteiger partial charge is 0.492 e. The second-order valence-electron chi connectivity index (χ2n) is 5.01. The molecule has 0 bridgehead atoms. The number of aromatic nitrogens is 2. The van der Waals surface area contributed by atoms with Crippen LogP contribution in [0.25, 0.3) is 10.9 Å². The summed E-state index contributed by atoms with van der Waals surface area (Å²) in [5.41, 5.74) is 1.30. The van der Waals surface area contributed by atoms with Crippen molar-refractivity contribution in [1.82, 2.24) is 15.1 Å². The second kappa shape index (κ2) is 6.30. The van der Waals surface area contributed by atoms with Crippen LogP contribution in [0.2, 0.25) is 0 Å². The quantitative estimate of drug-likeness (QED) is 0.787. The van der Waals surface area contributed by atoms with Crippen molar-refractivity contribution in [2.75, 3.05) is 20.2 Å². The first-order chi connectivity index (χ1) is 10.8. The molecule has 0 fully saturated rings. The van der Waals surface area contributed by atoms with Crippen molar-refractivity contribution in [2.45, 2.75) is 0 Å². The number of hydrogen-bond acceptors (Lipinski definition) is 3. The lowest BCUT2D eigenvalue weighted by Crippen LogP contribution is -2.31. The van der Waals surface area contributed by atoms with E-state index >= 15 is 0 Å². The molecule has 0 atom stereocenters. The van der Waals surface area contributed by atoms with E-state index < -0.39 is 0 Å². The van der Waals surface area contributed by atoms with Crippen molar-refractivity contribution >= 4 is 16.8 Å². The first-order valence-electron chi connectivity index (χ1n) is 7.12. The summed E-state index contributed by atoms with van der Waals surface area (Å²) in [6.45, 7) is 0.934. The lowest BCUT2D eigenvalue weighted by atomic mass is 10.2. The Bertz CT molecular complexity index is 768. The maximum atomic E-state index is 12.4. The average molecular weight is 295 g/mol. The van der Waals surface area contributed by atoms with E-state index in [0.717, 1.165) is 16.7 Å². The van der Waals surface area contributed by atoms with Crippen molar-refractivity contribution in [3.05, 3.63) is 60.3 Å². The Balaban J connectivity index is 1.62. The van der Waals surface area contributed by atoms with Crippen LogP contribution in [0.4, 0.5) is 0 Å². The Hall–Kier alpha value is -2.82. The zero-order chi connectivity index (χ0) is 15.4. The van der Waals surface area contributed by atoms with E-state index in [1.54, 1.807) is 11.9 Å². The van der Waals surface area contributed by atoms with Gasteiger partial charge < -0.3 is 9.64 Å².